The first-order valence-electron chi connectivity index (χ1n) is 6.05. The number of hydrogen-bond acceptors (Lipinski definition) is 5. The Labute approximate surface area is 119 Å². The predicted octanol–water partition coefficient (Wildman–Crippen LogP) is 3.02. The summed E-state index contributed by atoms with van der Waals surface area (Å²) in [5.41, 5.74) is 1.04. The van der Waals surface area contributed by atoms with Gasteiger partial charge in [-0.15, -0.1) is 0 Å². The molecule has 0 unspecified atom stereocenters. The molecule has 20 heavy (non-hydrogen) atoms. The highest BCUT2D eigenvalue weighted by Gasteiger charge is 2.11. The van der Waals surface area contributed by atoms with Crippen molar-refractivity contribution in [3.05, 3.63) is 64.9 Å². The minimum Gasteiger partial charge on any atom is -0.396 e. The van der Waals surface area contributed by atoms with Crippen LogP contribution in [0.3, 0.4) is 0 Å². The molecule has 0 fully saturated rings. The van der Waals surface area contributed by atoms with Gasteiger partial charge in [-0.1, -0.05) is 30.0 Å². The molecular formula is C14H12N2O3S. The van der Waals surface area contributed by atoms with Crippen LogP contribution in [0.1, 0.15) is 11.5 Å². The predicted molar refractivity (Wildman–Crippen MR) is 75.1 cm³/mol. The van der Waals surface area contributed by atoms with Gasteiger partial charge in [0.15, 0.2) is 10.9 Å². The Kier molecular flexibility index (Phi) is 3.47. The lowest BCUT2D eigenvalue weighted by molar-refractivity contribution is 0.372. The largest absolute Gasteiger partial charge is 0.519 e. The summed E-state index contributed by atoms with van der Waals surface area (Å²) in [5.74, 6) is 0.897. The molecule has 0 N–H and O–H groups in total. The number of thioether (sulfide) groups is 1. The van der Waals surface area contributed by atoms with Crippen LogP contribution in [0.25, 0.3) is 5.69 Å². The third-order valence-corrected chi connectivity index (χ3v) is 3.78. The first kappa shape index (κ1) is 12.8. The Bertz CT molecular complexity index is 758. The van der Waals surface area contributed by atoms with Crippen LogP contribution >= 0.6 is 11.8 Å². The van der Waals surface area contributed by atoms with Crippen LogP contribution in [-0.2, 0) is 5.75 Å². The van der Waals surface area contributed by atoms with Gasteiger partial charge in [0.2, 0.25) is 0 Å². The molecule has 0 atom stereocenters. The lowest BCUT2D eigenvalue weighted by Crippen LogP contribution is -1.95. The van der Waals surface area contributed by atoms with Crippen LogP contribution < -0.4 is 5.82 Å². The molecule has 2 aromatic heterocycles. The number of aromatic nitrogens is 2. The van der Waals surface area contributed by atoms with E-state index in [1.54, 1.807) is 13.1 Å². The average molecular weight is 288 g/mol. The van der Waals surface area contributed by atoms with Crippen LogP contribution in [0.4, 0.5) is 0 Å². The molecule has 2 heterocycles. The van der Waals surface area contributed by atoms with Gasteiger partial charge in [-0.05, 0) is 19.1 Å². The molecule has 0 amide bonds. The Morgan fingerprint density at radius 2 is 2.05 bits per heavy atom. The van der Waals surface area contributed by atoms with Gasteiger partial charge in [0, 0.05) is 18.1 Å². The van der Waals surface area contributed by atoms with Gasteiger partial charge in [-0.25, -0.2) is 9.78 Å². The minimum absolute atomic E-state index is 0.501. The van der Waals surface area contributed by atoms with Gasteiger partial charge in [-0.3, -0.25) is 4.57 Å². The van der Waals surface area contributed by atoms with Gasteiger partial charge < -0.3 is 8.83 Å². The van der Waals surface area contributed by atoms with Crippen molar-refractivity contribution in [3.8, 4) is 5.69 Å². The fourth-order valence-corrected chi connectivity index (χ4v) is 2.78. The van der Waals surface area contributed by atoms with E-state index in [4.69, 9.17) is 8.83 Å². The van der Waals surface area contributed by atoms with Crippen molar-refractivity contribution >= 4 is 11.8 Å². The van der Waals surface area contributed by atoms with E-state index in [1.807, 2.05) is 41.1 Å². The van der Waals surface area contributed by atoms with Crippen molar-refractivity contribution in [2.24, 2.45) is 0 Å². The van der Waals surface area contributed by atoms with Crippen molar-refractivity contribution in [3.63, 3.8) is 0 Å². The number of para-hydroxylation sites is 1. The summed E-state index contributed by atoms with van der Waals surface area (Å²) >= 11 is 1.49. The molecule has 0 spiro atoms. The monoisotopic (exact) mass is 288 g/mol. The number of aryl methyl sites for hydroxylation is 1. The van der Waals surface area contributed by atoms with Crippen LogP contribution in [0.2, 0.25) is 0 Å². The lowest BCUT2D eigenvalue weighted by atomic mass is 10.3. The smallest absolute Gasteiger partial charge is 0.396 e. The topological polar surface area (TPSA) is 61.2 Å². The second-order valence-corrected chi connectivity index (χ2v) is 5.08. The highest BCUT2D eigenvalue weighted by atomic mass is 32.2. The highest BCUT2D eigenvalue weighted by Crippen LogP contribution is 2.24. The molecular weight excluding hydrogens is 276 g/mol. The van der Waals surface area contributed by atoms with Gasteiger partial charge >= 0.3 is 5.82 Å². The SMILES string of the molecule is Cc1oc(=O)oc1CSc1nccn1-c1ccccc1. The summed E-state index contributed by atoms with van der Waals surface area (Å²) in [6, 6.07) is 9.94. The van der Waals surface area contributed by atoms with E-state index in [9.17, 15) is 4.79 Å². The molecule has 0 aliphatic heterocycles. The summed E-state index contributed by atoms with van der Waals surface area (Å²) in [6.45, 7) is 1.71. The van der Waals surface area contributed by atoms with Crippen molar-refractivity contribution in [2.45, 2.75) is 17.8 Å². The second-order valence-electron chi connectivity index (χ2n) is 4.14. The lowest BCUT2D eigenvalue weighted by Gasteiger charge is -2.06. The second kappa shape index (κ2) is 5.42. The van der Waals surface area contributed by atoms with Crippen molar-refractivity contribution in [1.29, 1.82) is 0 Å². The third-order valence-electron chi connectivity index (χ3n) is 2.81. The Morgan fingerprint density at radius 3 is 2.75 bits per heavy atom. The normalized spacial score (nSPS) is 10.8. The Hall–Kier alpha value is -2.21. The first-order valence-corrected chi connectivity index (χ1v) is 7.03. The summed E-state index contributed by atoms with van der Waals surface area (Å²) in [4.78, 5) is 15.3. The summed E-state index contributed by atoms with van der Waals surface area (Å²) in [7, 11) is 0. The molecule has 6 heteroatoms. The van der Waals surface area contributed by atoms with Gasteiger partial charge in [-0.2, -0.15) is 0 Å². The molecule has 0 saturated heterocycles. The van der Waals surface area contributed by atoms with E-state index in [2.05, 4.69) is 4.98 Å². The number of benzene rings is 1. The molecule has 0 saturated carbocycles. The van der Waals surface area contributed by atoms with Gasteiger partial charge in [0.05, 0.1) is 5.75 Å². The maximum Gasteiger partial charge on any atom is 0.519 e. The Morgan fingerprint density at radius 1 is 1.25 bits per heavy atom. The molecule has 3 rings (SSSR count). The Balaban J connectivity index is 1.81. The zero-order chi connectivity index (χ0) is 13.9. The first-order chi connectivity index (χ1) is 9.74. The number of imidazole rings is 1. The summed E-state index contributed by atoms with van der Waals surface area (Å²) < 4.78 is 11.8. The molecule has 5 nitrogen and oxygen atoms in total. The van der Waals surface area contributed by atoms with Crippen molar-refractivity contribution in [1.82, 2.24) is 9.55 Å². The van der Waals surface area contributed by atoms with Gasteiger partial charge in [0.1, 0.15) is 5.76 Å². The van der Waals surface area contributed by atoms with Crippen molar-refractivity contribution in [2.75, 3.05) is 0 Å². The van der Waals surface area contributed by atoms with Crippen LogP contribution in [-0.4, -0.2) is 9.55 Å². The van der Waals surface area contributed by atoms with Crippen LogP contribution in [0, 0.1) is 6.92 Å². The van der Waals surface area contributed by atoms with Gasteiger partial charge in [0.25, 0.3) is 0 Å². The molecule has 0 bridgehead atoms. The van der Waals surface area contributed by atoms with E-state index in [-0.39, 0.29) is 0 Å². The van der Waals surface area contributed by atoms with E-state index < -0.39 is 5.82 Å². The van der Waals surface area contributed by atoms with E-state index in [0.717, 1.165) is 10.8 Å². The molecule has 0 aliphatic carbocycles. The molecule has 1 aromatic carbocycles. The fraction of sp³-hybridized carbons (Fsp3) is 0.143. The zero-order valence-corrected chi connectivity index (χ0v) is 11.6. The van der Waals surface area contributed by atoms with Crippen LogP contribution in [0.5, 0.6) is 0 Å². The molecule has 3 aromatic rings. The zero-order valence-electron chi connectivity index (χ0n) is 10.8. The van der Waals surface area contributed by atoms with E-state index in [1.165, 1.54) is 11.8 Å². The van der Waals surface area contributed by atoms with E-state index >= 15 is 0 Å². The minimum atomic E-state index is -0.662. The number of rotatable bonds is 4. The summed E-state index contributed by atoms with van der Waals surface area (Å²) in [5, 5.41) is 0.833. The average Bonchev–Trinajstić information content (AvgIpc) is 3.04. The quantitative estimate of drug-likeness (QED) is 0.691. The van der Waals surface area contributed by atoms with E-state index in [0.29, 0.717) is 17.3 Å². The maximum absolute atomic E-state index is 11.0. The summed E-state index contributed by atoms with van der Waals surface area (Å²) in [6.07, 6.45) is 3.64. The number of hydrogen-bond donors (Lipinski definition) is 0. The maximum atomic E-state index is 11.0. The third kappa shape index (κ3) is 2.55. The molecule has 102 valence electrons. The standard InChI is InChI=1S/C14H12N2O3S/c1-10-12(19-14(17)18-10)9-20-13-15-7-8-16(13)11-5-3-2-4-6-11/h2-8H,9H2,1H3. The highest BCUT2D eigenvalue weighted by molar-refractivity contribution is 7.98. The molecule has 0 aliphatic rings. The molecule has 0 radical (unpaired) electrons. The number of nitrogens with zero attached hydrogens (tertiary/aromatic N) is 2. The van der Waals surface area contributed by atoms with Crippen LogP contribution in [0.15, 0.2) is 61.5 Å². The fourth-order valence-electron chi connectivity index (χ4n) is 1.82. The van der Waals surface area contributed by atoms with Crippen molar-refractivity contribution < 1.29 is 8.83 Å².